The molecule has 0 fully saturated rings. The van der Waals surface area contributed by atoms with E-state index in [-0.39, 0.29) is 18.4 Å². The molecular formula is C16H26N2O2. The van der Waals surface area contributed by atoms with Gasteiger partial charge >= 0.3 is 0 Å². The number of aliphatic hydroxyl groups is 1. The van der Waals surface area contributed by atoms with Crippen LogP contribution in [0.15, 0.2) is 24.3 Å². The molecule has 0 radical (unpaired) electrons. The summed E-state index contributed by atoms with van der Waals surface area (Å²) in [7, 11) is 0. The fourth-order valence-corrected chi connectivity index (χ4v) is 1.93. The molecule has 20 heavy (non-hydrogen) atoms. The number of benzene rings is 1. The lowest BCUT2D eigenvalue weighted by Crippen LogP contribution is -2.37. The van der Waals surface area contributed by atoms with Gasteiger partial charge in [0.15, 0.2) is 0 Å². The van der Waals surface area contributed by atoms with Gasteiger partial charge in [-0.2, -0.15) is 0 Å². The molecular weight excluding hydrogens is 252 g/mol. The molecule has 1 aromatic carbocycles. The zero-order valence-electron chi connectivity index (χ0n) is 12.7. The molecule has 112 valence electrons. The third-order valence-electron chi connectivity index (χ3n) is 3.26. The molecule has 3 N–H and O–H groups in total. The molecule has 0 spiro atoms. The number of amides is 1. The molecule has 1 rings (SSSR count). The summed E-state index contributed by atoms with van der Waals surface area (Å²) in [6, 6.07) is 6.99. The Balaban J connectivity index is 2.79. The van der Waals surface area contributed by atoms with Crippen molar-refractivity contribution in [1.82, 2.24) is 4.90 Å². The molecule has 0 saturated carbocycles. The molecule has 4 nitrogen and oxygen atoms in total. The maximum Gasteiger partial charge on any atom is 0.253 e. The van der Waals surface area contributed by atoms with Crippen molar-refractivity contribution < 1.29 is 9.90 Å². The van der Waals surface area contributed by atoms with E-state index in [0.717, 1.165) is 6.42 Å². The number of aliphatic hydroxyl groups excluding tert-OH is 1. The zero-order chi connectivity index (χ0) is 15.1. The van der Waals surface area contributed by atoms with Crippen molar-refractivity contribution in [2.75, 3.05) is 25.4 Å². The van der Waals surface area contributed by atoms with E-state index < -0.39 is 0 Å². The second-order valence-electron chi connectivity index (χ2n) is 5.84. The topological polar surface area (TPSA) is 66.6 Å². The van der Waals surface area contributed by atoms with E-state index in [4.69, 9.17) is 5.73 Å². The molecule has 1 aromatic rings. The second kappa shape index (κ2) is 7.90. The minimum atomic E-state index is 0.00551. The number of nitrogen functional groups attached to an aromatic ring is 1. The number of anilines is 1. The predicted octanol–water partition coefficient (Wildman–Crippen LogP) is 2.39. The minimum absolute atomic E-state index is 0.00551. The predicted molar refractivity (Wildman–Crippen MR) is 82.5 cm³/mol. The van der Waals surface area contributed by atoms with Crippen LogP contribution >= 0.6 is 0 Å². The number of nitrogens with two attached hydrogens (primary N) is 1. The first-order chi connectivity index (χ1) is 9.43. The van der Waals surface area contributed by atoms with Crippen LogP contribution in [0.3, 0.4) is 0 Å². The van der Waals surface area contributed by atoms with Gasteiger partial charge < -0.3 is 15.7 Å². The smallest absolute Gasteiger partial charge is 0.253 e. The van der Waals surface area contributed by atoms with Gasteiger partial charge in [-0.1, -0.05) is 20.8 Å². The highest BCUT2D eigenvalue weighted by Gasteiger charge is 2.18. The van der Waals surface area contributed by atoms with E-state index >= 15 is 0 Å². The Hall–Kier alpha value is -1.55. The number of carbonyl (C=O) groups excluding carboxylic acids is 1. The molecule has 0 unspecified atom stereocenters. The van der Waals surface area contributed by atoms with Crippen LogP contribution in [0.25, 0.3) is 0 Å². The Bertz CT molecular complexity index is 415. The number of hydrogen-bond acceptors (Lipinski definition) is 3. The van der Waals surface area contributed by atoms with E-state index in [1.807, 2.05) is 11.8 Å². The van der Waals surface area contributed by atoms with Crippen LogP contribution in [0.4, 0.5) is 5.69 Å². The summed E-state index contributed by atoms with van der Waals surface area (Å²) < 4.78 is 0. The summed E-state index contributed by atoms with van der Waals surface area (Å²) in [6.45, 7) is 7.60. The van der Waals surface area contributed by atoms with Crippen LogP contribution in [-0.4, -0.2) is 35.6 Å². The van der Waals surface area contributed by atoms with Crippen LogP contribution < -0.4 is 5.73 Å². The fraction of sp³-hybridized carbons (Fsp3) is 0.562. The first-order valence-electron chi connectivity index (χ1n) is 7.19. The van der Waals surface area contributed by atoms with Crippen LogP contribution in [0.5, 0.6) is 0 Å². The molecule has 1 amide bonds. The van der Waals surface area contributed by atoms with E-state index in [2.05, 4.69) is 13.8 Å². The monoisotopic (exact) mass is 278 g/mol. The molecule has 0 saturated heterocycles. The molecule has 0 bridgehead atoms. The lowest BCUT2D eigenvalue weighted by Gasteiger charge is -2.26. The van der Waals surface area contributed by atoms with E-state index in [9.17, 15) is 9.90 Å². The number of carbonyl (C=O) groups is 1. The van der Waals surface area contributed by atoms with Crippen molar-refractivity contribution in [3.8, 4) is 0 Å². The highest BCUT2D eigenvalue weighted by molar-refractivity contribution is 5.94. The third-order valence-corrected chi connectivity index (χ3v) is 3.26. The minimum Gasteiger partial charge on any atom is -0.399 e. The normalized spacial score (nSPS) is 12.4. The quantitative estimate of drug-likeness (QED) is 0.753. The zero-order valence-corrected chi connectivity index (χ0v) is 12.7. The first-order valence-corrected chi connectivity index (χ1v) is 7.19. The number of hydrogen-bond donors (Lipinski definition) is 2. The van der Waals surface area contributed by atoms with Crippen LogP contribution in [0, 0.1) is 11.8 Å². The van der Waals surface area contributed by atoms with Crippen LogP contribution in [0.1, 0.15) is 37.6 Å². The van der Waals surface area contributed by atoms with Gasteiger partial charge in [0.2, 0.25) is 0 Å². The average Bonchev–Trinajstić information content (AvgIpc) is 2.43. The van der Waals surface area contributed by atoms with Gasteiger partial charge in [0.25, 0.3) is 5.91 Å². The number of rotatable bonds is 7. The van der Waals surface area contributed by atoms with Crippen molar-refractivity contribution in [3.05, 3.63) is 29.8 Å². The molecule has 0 heterocycles. The Kier molecular flexibility index (Phi) is 6.52. The average molecular weight is 278 g/mol. The summed E-state index contributed by atoms with van der Waals surface area (Å²) in [5.41, 5.74) is 6.94. The second-order valence-corrected chi connectivity index (χ2v) is 5.84. The highest BCUT2D eigenvalue weighted by atomic mass is 16.3. The van der Waals surface area contributed by atoms with Gasteiger partial charge in [-0.15, -0.1) is 0 Å². The highest BCUT2D eigenvalue weighted by Crippen LogP contribution is 2.12. The van der Waals surface area contributed by atoms with Gasteiger partial charge in [0, 0.05) is 30.9 Å². The largest absolute Gasteiger partial charge is 0.399 e. The maximum atomic E-state index is 12.5. The molecule has 0 aliphatic rings. The summed E-state index contributed by atoms with van der Waals surface area (Å²) in [4.78, 5) is 14.3. The van der Waals surface area contributed by atoms with Crippen molar-refractivity contribution in [3.63, 3.8) is 0 Å². The Morgan fingerprint density at radius 2 is 1.85 bits per heavy atom. The maximum absolute atomic E-state index is 12.5. The molecule has 0 aromatic heterocycles. The van der Waals surface area contributed by atoms with Gasteiger partial charge in [0.1, 0.15) is 0 Å². The lowest BCUT2D eigenvalue weighted by atomic mass is 10.1. The van der Waals surface area contributed by atoms with Gasteiger partial charge in [0.05, 0.1) is 0 Å². The Morgan fingerprint density at radius 3 is 2.35 bits per heavy atom. The van der Waals surface area contributed by atoms with Gasteiger partial charge in [-0.3, -0.25) is 4.79 Å². The first kappa shape index (κ1) is 16.5. The third kappa shape index (κ3) is 5.21. The molecule has 4 heteroatoms. The van der Waals surface area contributed by atoms with Crippen molar-refractivity contribution in [1.29, 1.82) is 0 Å². The summed E-state index contributed by atoms with van der Waals surface area (Å²) in [6.07, 6.45) is 0.957. The molecule has 0 aliphatic heterocycles. The lowest BCUT2D eigenvalue weighted by molar-refractivity contribution is 0.0701. The van der Waals surface area contributed by atoms with Gasteiger partial charge in [-0.25, -0.2) is 0 Å². The van der Waals surface area contributed by atoms with Crippen molar-refractivity contribution in [2.24, 2.45) is 11.8 Å². The SMILES string of the molecule is CC(C)CCN(C[C@@H](C)CO)C(=O)c1ccc(N)cc1. The molecule has 1 atom stereocenters. The van der Waals surface area contributed by atoms with Crippen molar-refractivity contribution >= 4 is 11.6 Å². The van der Waals surface area contributed by atoms with Crippen LogP contribution in [-0.2, 0) is 0 Å². The standard InChI is InChI=1S/C16H26N2O2/c1-12(2)8-9-18(10-13(3)11-19)16(20)14-4-6-15(17)7-5-14/h4-7,12-13,19H,8-11,17H2,1-3H3/t13-/m1/s1. The molecule has 0 aliphatic carbocycles. The van der Waals surface area contributed by atoms with Crippen molar-refractivity contribution in [2.45, 2.75) is 27.2 Å². The van der Waals surface area contributed by atoms with E-state index in [0.29, 0.717) is 30.3 Å². The van der Waals surface area contributed by atoms with E-state index in [1.54, 1.807) is 24.3 Å². The summed E-state index contributed by atoms with van der Waals surface area (Å²) in [5.74, 6) is 0.631. The fourth-order valence-electron chi connectivity index (χ4n) is 1.93. The Labute approximate surface area is 121 Å². The van der Waals surface area contributed by atoms with Gasteiger partial charge in [-0.05, 0) is 42.5 Å². The summed E-state index contributed by atoms with van der Waals surface area (Å²) >= 11 is 0. The van der Waals surface area contributed by atoms with E-state index in [1.165, 1.54) is 0 Å². The number of nitrogens with zero attached hydrogens (tertiary/aromatic N) is 1. The van der Waals surface area contributed by atoms with Crippen LogP contribution in [0.2, 0.25) is 0 Å². The Morgan fingerprint density at radius 1 is 1.25 bits per heavy atom. The summed E-state index contributed by atoms with van der Waals surface area (Å²) in [5, 5.41) is 9.20.